The van der Waals surface area contributed by atoms with Gasteiger partial charge in [-0.3, -0.25) is 4.98 Å². The average Bonchev–Trinajstić information content (AvgIpc) is 3.24. The van der Waals surface area contributed by atoms with Crippen LogP contribution in [0.4, 0.5) is 0 Å². The van der Waals surface area contributed by atoms with E-state index in [1.165, 1.54) is 47.4 Å². The number of aryl methyl sites for hydroxylation is 1. The first-order valence-corrected chi connectivity index (χ1v) is 11.8. The van der Waals surface area contributed by atoms with Crippen LogP contribution in [0.1, 0.15) is 57.8 Å². The Morgan fingerprint density at radius 2 is 1.69 bits per heavy atom. The molecule has 1 aromatic carbocycles. The molecule has 0 radical (unpaired) electrons. The van der Waals surface area contributed by atoms with Gasteiger partial charge >= 0.3 is 0 Å². The average molecular weight is 408 g/mol. The molecule has 2 heterocycles. The summed E-state index contributed by atoms with van der Waals surface area (Å²) in [6.07, 6.45) is 9.56. The van der Waals surface area contributed by atoms with Crippen molar-refractivity contribution in [1.82, 2.24) is 4.98 Å². The minimum Gasteiger partial charge on any atom is -0.493 e. The minimum absolute atomic E-state index is 0.584. The van der Waals surface area contributed by atoms with Crippen LogP contribution < -0.4 is 4.74 Å². The quantitative estimate of drug-likeness (QED) is 0.300. The second-order valence-corrected chi connectivity index (χ2v) is 9.03. The number of rotatable bonds is 11. The summed E-state index contributed by atoms with van der Waals surface area (Å²) >= 11 is 1.88. The summed E-state index contributed by atoms with van der Waals surface area (Å²) in [7, 11) is 0. The van der Waals surface area contributed by atoms with E-state index in [9.17, 15) is 0 Å². The highest BCUT2D eigenvalue weighted by Gasteiger charge is 2.06. The van der Waals surface area contributed by atoms with Crippen LogP contribution in [0.3, 0.4) is 0 Å². The molecule has 29 heavy (non-hydrogen) atoms. The van der Waals surface area contributed by atoms with Gasteiger partial charge in [-0.25, -0.2) is 0 Å². The van der Waals surface area contributed by atoms with Crippen molar-refractivity contribution in [3.05, 3.63) is 59.6 Å². The molecule has 0 saturated heterocycles. The molecule has 0 spiro atoms. The van der Waals surface area contributed by atoms with Crippen molar-refractivity contribution in [2.75, 3.05) is 6.61 Å². The third-order valence-electron chi connectivity index (χ3n) is 5.37. The molecule has 0 amide bonds. The van der Waals surface area contributed by atoms with Gasteiger partial charge in [0.1, 0.15) is 5.75 Å². The molecule has 3 heteroatoms. The van der Waals surface area contributed by atoms with E-state index in [1.807, 2.05) is 17.5 Å². The Hall–Kier alpha value is -2.13. The largest absolute Gasteiger partial charge is 0.493 e. The van der Waals surface area contributed by atoms with Crippen LogP contribution in [0.5, 0.6) is 5.75 Å². The fourth-order valence-corrected chi connectivity index (χ4v) is 4.21. The summed E-state index contributed by atoms with van der Waals surface area (Å²) < 4.78 is 5.86. The molecule has 0 N–H and O–H groups in total. The fourth-order valence-electron chi connectivity index (χ4n) is 3.19. The molecule has 0 fully saturated rings. The zero-order valence-corrected chi connectivity index (χ0v) is 18.8. The Labute approximate surface area is 180 Å². The molecule has 2 aromatic heterocycles. The zero-order valence-electron chi connectivity index (χ0n) is 18.0. The van der Waals surface area contributed by atoms with Crippen molar-refractivity contribution in [2.24, 2.45) is 5.92 Å². The van der Waals surface area contributed by atoms with Gasteiger partial charge in [-0.2, -0.15) is 0 Å². The van der Waals surface area contributed by atoms with Crippen molar-refractivity contribution >= 4 is 11.3 Å². The Morgan fingerprint density at radius 3 is 2.38 bits per heavy atom. The molecule has 3 rings (SSSR count). The van der Waals surface area contributed by atoms with Gasteiger partial charge in [-0.15, -0.1) is 11.3 Å². The predicted octanol–water partition coefficient (Wildman–Crippen LogP) is 8.02. The van der Waals surface area contributed by atoms with Crippen LogP contribution in [-0.2, 0) is 6.42 Å². The Morgan fingerprint density at radius 1 is 0.897 bits per heavy atom. The van der Waals surface area contributed by atoms with Crippen LogP contribution in [0.15, 0.2) is 54.7 Å². The van der Waals surface area contributed by atoms with Crippen LogP contribution >= 0.6 is 11.3 Å². The summed E-state index contributed by atoms with van der Waals surface area (Å²) in [5, 5.41) is 0. The van der Waals surface area contributed by atoms with Crippen molar-refractivity contribution in [1.29, 1.82) is 0 Å². The van der Waals surface area contributed by atoms with Crippen LogP contribution in [0.2, 0.25) is 0 Å². The number of thiophene rings is 1. The number of aromatic nitrogens is 1. The smallest absolute Gasteiger partial charge is 0.119 e. The van der Waals surface area contributed by atoms with Crippen LogP contribution in [0.25, 0.3) is 21.7 Å². The highest BCUT2D eigenvalue weighted by molar-refractivity contribution is 7.15. The molecule has 0 saturated carbocycles. The Kier molecular flexibility index (Phi) is 8.30. The summed E-state index contributed by atoms with van der Waals surface area (Å²) in [6.45, 7) is 7.44. The Bertz CT molecular complexity index is 851. The van der Waals surface area contributed by atoms with E-state index >= 15 is 0 Å². The number of nitrogens with zero attached hydrogens (tertiary/aromatic N) is 1. The van der Waals surface area contributed by atoms with E-state index in [-0.39, 0.29) is 0 Å². The minimum atomic E-state index is 0.584. The fraction of sp³-hybridized carbons (Fsp3) is 0.423. The maximum atomic E-state index is 5.86. The van der Waals surface area contributed by atoms with Crippen molar-refractivity contribution in [2.45, 2.75) is 59.3 Å². The van der Waals surface area contributed by atoms with Gasteiger partial charge in [-0.05, 0) is 54.7 Å². The second-order valence-electron chi connectivity index (χ2n) is 7.86. The standard InChI is InChI=1S/C26H33NOS/c1-4-6-7-8-9-24-15-17-26(29-24)25-16-12-22(18-27-25)21-10-13-23(14-11-21)28-19-20(3)5-2/h10-18,20H,4-9,19H2,1-3H3. The lowest BCUT2D eigenvalue weighted by Gasteiger charge is -2.11. The van der Waals surface area contributed by atoms with Gasteiger partial charge < -0.3 is 4.74 Å². The maximum Gasteiger partial charge on any atom is 0.119 e. The Balaban J connectivity index is 1.59. The van der Waals surface area contributed by atoms with Gasteiger partial charge in [-0.1, -0.05) is 64.7 Å². The normalized spacial score (nSPS) is 12.1. The molecular formula is C26H33NOS. The molecule has 154 valence electrons. The number of pyridine rings is 1. The molecule has 2 nitrogen and oxygen atoms in total. The third-order valence-corrected chi connectivity index (χ3v) is 6.54. The van der Waals surface area contributed by atoms with E-state index in [2.05, 4.69) is 69.3 Å². The summed E-state index contributed by atoms with van der Waals surface area (Å²) in [4.78, 5) is 7.45. The van der Waals surface area contributed by atoms with E-state index in [1.54, 1.807) is 0 Å². The van der Waals surface area contributed by atoms with Crippen LogP contribution in [0, 0.1) is 5.92 Å². The van der Waals surface area contributed by atoms with E-state index in [0.29, 0.717) is 5.92 Å². The van der Waals surface area contributed by atoms with E-state index in [0.717, 1.165) is 30.0 Å². The van der Waals surface area contributed by atoms with Crippen LogP contribution in [-0.4, -0.2) is 11.6 Å². The molecule has 1 unspecified atom stereocenters. The molecule has 0 aliphatic heterocycles. The lowest BCUT2D eigenvalue weighted by Crippen LogP contribution is -2.06. The lowest BCUT2D eigenvalue weighted by atomic mass is 10.1. The third kappa shape index (κ3) is 6.43. The molecule has 0 aliphatic rings. The van der Waals surface area contributed by atoms with Crippen molar-refractivity contribution in [3.63, 3.8) is 0 Å². The van der Waals surface area contributed by atoms with E-state index in [4.69, 9.17) is 9.72 Å². The molecule has 1 atom stereocenters. The molecule has 0 bridgehead atoms. The first-order chi connectivity index (χ1) is 14.2. The lowest BCUT2D eigenvalue weighted by molar-refractivity contribution is 0.256. The summed E-state index contributed by atoms with van der Waals surface area (Å²) in [5.74, 6) is 1.52. The highest BCUT2D eigenvalue weighted by Crippen LogP contribution is 2.29. The summed E-state index contributed by atoms with van der Waals surface area (Å²) in [6, 6.07) is 17.1. The molecular weight excluding hydrogens is 374 g/mol. The molecule has 3 aromatic rings. The zero-order chi connectivity index (χ0) is 20.5. The topological polar surface area (TPSA) is 22.1 Å². The number of benzene rings is 1. The number of hydrogen-bond acceptors (Lipinski definition) is 3. The first-order valence-electron chi connectivity index (χ1n) is 11.0. The summed E-state index contributed by atoms with van der Waals surface area (Å²) in [5.41, 5.74) is 3.37. The second kappa shape index (κ2) is 11.2. The maximum absolute atomic E-state index is 5.86. The van der Waals surface area contributed by atoms with Gasteiger partial charge in [0.25, 0.3) is 0 Å². The number of ether oxygens (including phenoxy) is 1. The number of unbranched alkanes of at least 4 members (excludes halogenated alkanes) is 3. The predicted molar refractivity (Wildman–Crippen MR) is 126 cm³/mol. The highest BCUT2D eigenvalue weighted by atomic mass is 32.1. The SMILES string of the molecule is CCCCCCc1ccc(-c2ccc(-c3ccc(OCC(C)CC)cc3)cn2)s1. The van der Waals surface area contributed by atoms with Gasteiger partial charge in [0.15, 0.2) is 0 Å². The van der Waals surface area contributed by atoms with Gasteiger partial charge in [0.2, 0.25) is 0 Å². The molecule has 0 aliphatic carbocycles. The van der Waals surface area contributed by atoms with Crippen molar-refractivity contribution < 1.29 is 4.74 Å². The number of hydrogen-bond donors (Lipinski definition) is 0. The van der Waals surface area contributed by atoms with Gasteiger partial charge in [0.05, 0.1) is 17.2 Å². The first kappa shape index (κ1) is 21.6. The van der Waals surface area contributed by atoms with Gasteiger partial charge in [0, 0.05) is 16.6 Å². The van der Waals surface area contributed by atoms with E-state index < -0.39 is 0 Å². The van der Waals surface area contributed by atoms with Crippen molar-refractivity contribution in [3.8, 4) is 27.4 Å². The monoisotopic (exact) mass is 407 g/mol.